The van der Waals surface area contributed by atoms with E-state index in [1.807, 2.05) is 12.1 Å². The monoisotopic (exact) mass is 300 g/mol. The first-order chi connectivity index (χ1) is 8.13. The van der Waals surface area contributed by atoms with Gasteiger partial charge in [-0.2, -0.15) is 0 Å². The smallest absolute Gasteiger partial charge is 0.166 e. The van der Waals surface area contributed by atoms with E-state index in [4.69, 9.17) is 15.2 Å². The van der Waals surface area contributed by atoms with E-state index in [1.165, 1.54) is 0 Å². The molecule has 0 aromatic heterocycles. The van der Waals surface area contributed by atoms with Crippen molar-refractivity contribution in [2.45, 2.75) is 12.6 Å². The highest BCUT2D eigenvalue weighted by molar-refractivity contribution is 9.10. The van der Waals surface area contributed by atoms with Gasteiger partial charge in [0.15, 0.2) is 11.5 Å². The van der Waals surface area contributed by atoms with Gasteiger partial charge in [-0.15, -0.1) is 0 Å². The average Bonchev–Trinajstić information content (AvgIpc) is 2.28. The summed E-state index contributed by atoms with van der Waals surface area (Å²) in [6.07, 6.45) is 0.236. The van der Waals surface area contributed by atoms with Gasteiger partial charge in [0.05, 0.1) is 7.11 Å². The zero-order valence-electron chi connectivity index (χ0n) is 10.1. The molecule has 0 radical (unpaired) electrons. The van der Waals surface area contributed by atoms with Crippen LogP contribution in [0.5, 0.6) is 11.5 Å². The summed E-state index contributed by atoms with van der Waals surface area (Å²) in [5, 5.41) is 0. The van der Waals surface area contributed by atoms with Crippen molar-refractivity contribution in [1.29, 1.82) is 0 Å². The van der Waals surface area contributed by atoms with Gasteiger partial charge in [0.25, 0.3) is 0 Å². The Kier molecular flexibility index (Phi) is 3.91. The van der Waals surface area contributed by atoms with Crippen LogP contribution in [0.1, 0.15) is 5.56 Å². The zero-order chi connectivity index (χ0) is 12.4. The minimum Gasteiger partial charge on any atom is -0.493 e. The molecule has 17 heavy (non-hydrogen) atoms. The molecule has 1 aliphatic rings. The third-order valence-electron chi connectivity index (χ3n) is 2.85. The summed E-state index contributed by atoms with van der Waals surface area (Å²) >= 11 is 3.44. The molecule has 2 N–H and O–H groups in total. The maximum Gasteiger partial charge on any atom is 0.166 e. The Morgan fingerprint density at radius 2 is 2.18 bits per heavy atom. The van der Waals surface area contributed by atoms with Crippen LogP contribution in [0.3, 0.4) is 0 Å². The number of nitrogens with two attached hydrogens (primary N) is 1. The number of ether oxygens (including phenoxy) is 2. The van der Waals surface area contributed by atoms with E-state index in [0.717, 1.165) is 34.6 Å². The molecule has 0 atom stereocenters. The Morgan fingerprint density at radius 3 is 2.71 bits per heavy atom. The normalized spacial score (nSPS) is 16.7. The topological polar surface area (TPSA) is 47.7 Å². The van der Waals surface area contributed by atoms with Gasteiger partial charge in [-0.3, -0.25) is 4.90 Å². The van der Waals surface area contributed by atoms with E-state index in [1.54, 1.807) is 7.11 Å². The van der Waals surface area contributed by atoms with Crippen LogP contribution in [0.25, 0.3) is 0 Å². The number of hydrogen-bond acceptors (Lipinski definition) is 4. The van der Waals surface area contributed by atoms with Crippen LogP contribution in [-0.2, 0) is 6.54 Å². The second kappa shape index (κ2) is 5.25. The first-order valence-electron chi connectivity index (χ1n) is 5.55. The van der Waals surface area contributed by atoms with E-state index in [0.29, 0.717) is 6.54 Å². The highest BCUT2D eigenvalue weighted by atomic mass is 79.9. The molecule has 1 heterocycles. The molecule has 94 valence electrons. The Labute approximate surface area is 110 Å². The lowest BCUT2D eigenvalue weighted by Gasteiger charge is -2.36. The molecule has 1 aromatic carbocycles. The van der Waals surface area contributed by atoms with Gasteiger partial charge in [-0.25, -0.2) is 0 Å². The Bertz CT molecular complexity index is 380. The van der Waals surface area contributed by atoms with Gasteiger partial charge in [0.1, 0.15) is 6.10 Å². The summed E-state index contributed by atoms with van der Waals surface area (Å²) in [5.74, 6) is 1.51. The zero-order valence-corrected chi connectivity index (χ0v) is 11.7. The van der Waals surface area contributed by atoms with E-state index >= 15 is 0 Å². The summed E-state index contributed by atoms with van der Waals surface area (Å²) in [7, 11) is 3.71. The molecule has 0 aliphatic carbocycles. The summed E-state index contributed by atoms with van der Waals surface area (Å²) in [5.41, 5.74) is 6.70. The quantitative estimate of drug-likeness (QED) is 0.918. The second-order valence-electron chi connectivity index (χ2n) is 4.26. The summed E-state index contributed by atoms with van der Waals surface area (Å²) in [4.78, 5) is 2.21. The minimum atomic E-state index is 0.236. The van der Waals surface area contributed by atoms with Gasteiger partial charge in [0, 0.05) is 29.7 Å². The molecule has 0 saturated carbocycles. The standard InChI is InChI=1S/C12H17BrN2O2/c1-15-6-10(7-15)17-12-8(5-14)3-9(13)4-11(12)16-2/h3-4,10H,5-7,14H2,1-2H3. The van der Waals surface area contributed by atoms with Gasteiger partial charge in [-0.05, 0) is 19.2 Å². The lowest BCUT2D eigenvalue weighted by atomic mass is 10.1. The van der Waals surface area contributed by atoms with Crippen molar-refractivity contribution in [2.24, 2.45) is 5.73 Å². The molecule has 2 rings (SSSR count). The number of hydrogen-bond donors (Lipinski definition) is 1. The van der Waals surface area contributed by atoms with Crippen molar-refractivity contribution in [3.63, 3.8) is 0 Å². The largest absolute Gasteiger partial charge is 0.493 e. The molecular formula is C12H17BrN2O2. The van der Waals surface area contributed by atoms with Crippen molar-refractivity contribution in [3.05, 3.63) is 22.2 Å². The summed E-state index contributed by atoms with van der Waals surface area (Å²) < 4.78 is 12.2. The van der Waals surface area contributed by atoms with Gasteiger partial charge >= 0.3 is 0 Å². The Hall–Kier alpha value is -0.780. The number of methoxy groups -OCH3 is 1. The first-order valence-corrected chi connectivity index (χ1v) is 6.35. The van der Waals surface area contributed by atoms with Gasteiger partial charge < -0.3 is 15.2 Å². The van der Waals surface area contributed by atoms with E-state index in [2.05, 4.69) is 27.9 Å². The van der Waals surface area contributed by atoms with Crippen LogP contribution in [0.15, 0.2) is 16.6 Å². The second-order valence-corrected chi connectivity index (χ2v) is 5.18. The van der Waals surface area contributed by atoms with Crippen molar-refractivity contribution in [1.82, 2.24) is 4.90 Å². The molecular weight excluding hydrogens is 284 g/mol. The average molecular weight is 301 g/mol. The molecule has 4 nitrogen and oxygen atoms in total. The fourth-order valence-electron chi connectivity index (χ4n) is 1.94. The van der Waals surface area contributed by atoms with Crippen molar-refractivity contribution in [3.8, 4) is 11.5 Å². The third-order valence-corrected chi connectivity index (χ3v) is 3.31. The number of rotatable bonds is 4. The van der Waals surface area contributed by atoms with Crippen molar-refractivity contribution >= 4 is 15.9 Å². The van der Waals surface area contributed by atoms with Gasteiger partial charge in [0.2, 0.25) is 0 Å². The third kappa shape index (κ3) is 2.73. The lowest BCUT2D eigenvalue weighted by Crippen LogP contribution is -2.51. The molecule has 5 heteroatoms. The molecule has 0 amide bonds. The number of halogens is 1. The SMILES string of the molecule is COc1cc(Br)cc(CN)c1OC1CN(C)C1. The Morgan fingerprint density at radius 1 is 1.47 bits per heavy atom. The van der Waals surface area contributed by atoms with Crippen LogP contribution in [0.2, 0.25) is 0 Å². The summed E-state index contributed by atoms with van der Waals surface area (Å²) in [6, 6.07) is 3.87. The molecule has 1 fully saturated rings. The van der Waals surface area contributed by atoms with E-state index < -0.39 is 0 Å². The summed E-state index contributed by atoms with van der Waals surface area (Å²) in [6.45, 7) is 2.33. The van der Waals surface area contributed by atoms with Crippen LogP contribution in [0.4, 0.5) is 0 Å². The first kappa shape index (κ1) is 12.7. The van der Waals surface area contributed by atoms with Crippen molar-refractivity contribution in [2.75, 3.05) is 27.2 Å². The van der Waals surface area contributed by atoms with Gasteiger partial charge in [-0.1, -0.05) is 15.9 Å². The predicted octanol–water partition coefficient (Wildman–Crippen LogP) is 1.61. The van der Waals surface area contributed by atoms with Crippen LogP contribution < -0.4 is 15.2 Å². The molecule has 1 saturated heterocycles. The minimum absolute atomic E-state index is 0.236. The lowest BCUT2D eigenvalue weighted by molar-refractivity contribution is 0.0362. The van der Waals surface area contributed by atoms with Crippen molar-refractivity contribution < 1.29 is 9.47 Å². The highest BCUT2D eigenvalue weighted by Gasteiger charge is 2.27. The maximum absolute atomic E-state index is 5.95. The van der Waals surface area contributed by atoms with Crippen LogP contribution in [-0.4, -0.2) is 38.3 Å². The molecule has 0 unspecified atom stereocenters. The number of nitrogens with zero attached hydrogens (tertiary/aromatic N) is 1. The Balaban J connectivity index is 2.23. The molecule has 0 bridgehead atoms. The molecule has 1 aliphatic heterocycles. The molecule has 0 spiro atoms. The number of likely N-dealkylation sites (tertiary alicyclic amines) is 1. The van der Waals surface area contributed by atoms with E-state index in [9.17, 15) is 0 Å². The number of benzene rings is 1. The maximum atomic E-state index is 5.95. The van der Waals surface area contributed by atoms with Crippen LogP contribution in [0, 0.1) is 0 Å². The fraction of sp³-hybridized carbons (Fsp3) is 0.500. The predicted molar refractivity (Wildman–Crippen MR) is 70.5 cm³/mol. The number of likely N-dealkylation sites (N-methyl/N-ethyl adjacent to an activating group) is 1. The highest BCUT2D eigenvalue weighted by Crippen LogP contribution is 2.36. The fourth-order valence-corrected chi connectivity index (χ4v) is 2.43. The molecule has 1 aromatic rings. The van der Waals surface area contributed by atoms with Crippen LogP contribution >= 0.6 is 15.9 Å². The van der Waals surface area contributed by atoms with E-state index in [-0.39, 0.29) is 6.10 Å².